The minimum atomic E-state index is -1.14. The largest absolute Gasteiger partial charge is 0.386 e. The molecule has 3 atom stereocenters. The maximum Gasteiger partial charge on any atom is 0.172 e. The number of ether oxygens (including phenoxy) is 2. The van der Waals surface area contributed by atoms with Gasteiger partial charge in [-0.05, 0) is 20.8 Å². The Bertz CT molecular complexity index is 332. The summed E-state index contributed by atoms with van der Waals surface area (Å²) in [5.74, 6) is -1.79. The Kier molecular flexibility index (Phi) is 4.19. The second-order valence-electron chi connectivity index (χ2n) is 4.54. The summed E-state index contributed by atoms with van der Waals surface area (Å²) >= 11 is 0. The van der Waals surface area contributed by atoms with Crippen LogP contribution in [0.25, 0.3) is 0 Å². The Labute approximate surface area is 100 Å². The van der Waals surface area contributed by atoms with Gasteiger partial charge in [-0.1, -0.05) is 6.08 Å². The van der Waals surface area contributed by atoms with Crippen molar-refractivity contribution in [2.45, 2.75) is 51.3 Å². The third kappa shape index (κ3) is 3.46. The lowest BCUT2D eigenvalue weighted by molar-refractivity contribution is -0.155. The normalized spacial score (nSPS) is 28.7. The summed E-state index contributed by atoms with van der Waals surface area (Å²) in [7, 11) is 0. The molecule has 0 saturated carbocycles. The van der Waals surface area contributed by atoms with Crippen molar-refractivity contribution in [1.82, 2.24) is 0 Å². The molecule has 0 aromatic heterocycles. The van der Waals surface area contributed by atoms with Crippen LogP contribution in [0.2, 0.25) is 0 Å². The molecule has 0 aromatic carbocycles. The van der Waals surface area contributed by atoms with E-state index >= 15 is 0 Å². The zero-order valence-electron chi connectivity index (χ0n) is 10.3. The van der Waals surface area contributed by atoms with Crippen LogP contribution in [0.15, 0.2) is 12.7 Å². The Morgan fingerprint density at radius 2 is 2.06 bits per heavy atom. The van der Waals surface area contributed by atoms with Crippen LogP contribution in [0.1, 0.15) is 27.2 Å². The van der Waals surface area contributed by atoms with Gasteiger partial charge >= 0.3 is 0 Å². The van der Waals surface area contributed by atoms with E-state index in [-0.39, 0.29) is 6.42 Å². The van der Waals surface area contributed by atoms with E-state index in [0.717, 1.165) is 0 Å². The van der Waals surface area contributed by atoms with E-state index in [0.29, 0.717) is 0 Å². The maximum atomic E-state index is 11.8. The molecule has 1 rings (SSSR count). The summed E-state index contributed by atoms with van der Waals surface area (Å²) < 4.78 is 10.9. The summed E-state index contributed by atoms with van der Waals surface area (Å²) in [6.45, 7) is 8.27. The van der Waals surface area contributed by atoms with Gasteiger partial charge in [-0.15, -0.1) is 6.58 Å². The fourth-order valence-electron chi connectivity index (χ4n) is 1.63. The van der Waals surface area contributed by atoms with E-state index < -0.39 is 35.7 Å². The number of Topliss-reactive ketones (excluding diaryl/α,β-unsaturated/α-hetero) is 2. The van der Waals surface area contributed by atoms with Crippen molar-refractivity contribution in [2.75, 3.05) is 0 Å². The average Bonchev–Trinajstić information content (AvgIpc) is 2.53. The highest BCUT2D eigenvalue weighted by Gasteiger charge is 2.43. The first-order valence-corrected chi connectivity index (χ1v) is 5.48. The van der Waals surface area contributed by atoms with Gasteiger partial charge in [0.05, 0.1) is 6.42 Å². The number of hydrogen-bond donors (Lipinski definition) is 1. The van der Waals surface area contributed by atoms with Crippen molar-refractivity contribution in [3.63, 3.8) is 0 Å². The highest BCUT2D eigenvalue weighted by Crippen LogP contribution is 2.29. The van der Waals surface area contributed by atoms with Gasteiger partial charge in [-0.3, -0.25) is 9.59 Å². The molecule has 0 spiro atoms. The lowest BCUT2D eigenvalue weighted by Crippen LogP contribution is -2.33. The van der Waals surface area contributed by atoms with Crippen LogP contribution >= 0.6 is 0 Å². The minimum Gasteiger partial charge on any atom is -0.386 e. The lowest BCUT2D eigenvalue weighted by Gasteiger charge is -2.16. The molecular weight excluding hydrogens is 224 g/mol. The van der Waals surface area contributed by atoms with Gasteiger partial charge < -0.3 is 14.6 Å². The van der Waals surface area contributed by atoms with Crippen molar-refractivity contribution in [3.8, 4) is 0 Å². The number of aliphatic hydroxyl groups is 1. The van der Waals surface area contributed by atoms with Crippen molar-refractivity contribution in [3.05, 3.63) is 12.7 Å². The molecule has 1 saturated heterocycles. The minimum absolute atomic E-state index is 0.355. The number of rotatable bonds is 5. The molecule has 0 amide bonds. The van der Waals surface area contributed by atoms with Crippen molar-refractivity contribution >= 4 is 11.6 Å². The van der Waals surface area contributed by atoms with E-state index in [1.54, 1.807) is 13.8 Å². The number of ketones is 2. The molecule has 1 heterocycles. The van der Waals surface area contributed by atoms with Gasteiger partial charge in [0.15, 0.2) is 17.4 Å². The molecule has 1 aliphatic heterocycles. The molecule has 17 heavy (non-hydrogen) atoms. The first kappa shape index (κ1) is 14.0. The molecule has 1 fully saturated rings. The molecule has 1 unspecified atom stereocenters. The highest BCUT2D eigenvalue weighted by molar-refractivity contribution is 6.03. The first-order valence-electron chi connectivity index (χ1n) is 5.48. The fraction of sp³-hybridized carbons (Fsp3) is 0.667. The SMILES string of the molecule is C=C[C@@H]1OC(C)(C)O[C@@H]1C(=O)CC(=O)C(C)O. The van der Waals surface area contributed by atoms with E-state index in [1.165, 1.54) is 13.0 Å². The van der Waals surface area contributed by atoms with Crippen molar-refractivity contribution < 1.29 is 24.2 Å². The summed E-state index contributed by atoms with van der Waals surface area (Å²) in [5, 5.41) is 9.04. The summed E-state index contributed by atoms with van der Waals surface area (Å²) in [6, 6.07) is 0. The summed E-state index contributed by atoms with van der Waals surface area (Å²) in [4.78, 5) is 23.1. The fourth-order valence-corrected chi connectivity index (χ4v) is 1.63. The predicted molar refractivity (Wildman–Crippen MR) is 60.3 cm³/mol. The predicted octanol–water partition coefficient (Wildman–Crippen LogP) is 0.602. The standard InChI is InChI=1S/C12H18O5/c1-5-10-11(17-12(3,4)16-10)9(15)6-8(14)7(2)13/h5,7,10-11,13H,1,6H2,2-4H3/t7?,10-,11+/m0/s1. The van der Waals surface area contributed by atoms with Crippen molar-refractivity contribution in [2.24, 2.45) is 0 Å². The Balaban J connectivity index is 2.69. The zero-order chi connectivity index (χ0) is 13.2. The van der Waals surface area contributed by atoms with E-state index in [4.69, 9.17) is 14.6 Å². The monoisotopic (exact) mass is 242 g/mol. The average molecular weight is 242 g/mol. The quantitative estimate of drug-likeness (QED) is 0.564. The van der Waals surface area contributed by atoms with Crippen LogP contribution < -0.4 is 0 Å². The third-order valence-electron chi connectivity index (χ3n) is 2.49. The Hall–Kier alpha value is -1.04. The second kappa shape index (κ2) is 5.08. The van der Waals surface area contributed by atoms with E-state index in [9.17, 15) is 9.59 Å². The van der Waals surface area contributed by atoms with Crippen molar-refractivity contribution in [1.29, 1.82) is 0 Å². The number of hydrogen-bond acceptors (Lipinski definition) is 5. The van der Waals surface area contributed by atoms with Crippen LogP contribution in [0.4, 0.5) is 0 Å². The molecule has 0 radical (unpaired) electrons. The molecule has 0 bridgehead atoms. The lowest BCUT2D eigenvalue weighted by atomic mass is 10.0. The van der Waals surface area contributed by atoms with Gasteiger partial charge in [0.25, 0.3) is 0 Å². The van der Waals surface area contributed by atoms with Crippen LogP contribution in [-0.2, 0) is 19.1 Å². The summed E-state index contributed by atoms with van der Waals surface area (Å²) in [6.07, 6.45) is -1.41. The number of carbonyl (C=O) groups excluding carboxylic acids is 2. The first-order chi connectivity index (χ1) is 7.76. The third-order valence-corrected chi connectivity index (χ3v) is 2.49. The highest BCUT2D eigenvalue weighted by atomic mass is 16.8. The molecule has 5 nitrogen and oxygen atoms in total. The van der Waals surface area contributed by atoms with Crippen LogP contribution in [0.3, 0.4) is 0 Å². The smallest absolute Gasteiger partial charge is 0.172 e. The molecule has 0 aromatic rings. The second-order valence-corrected chi connectivity index (χ2v) is 4.54. The van der Waals surface area contributed by atoms with Crippen LogP contribution in [0, 0.1) is 0 Å². The Morgan fingerprint density at radius 1 is 1.47 bits per heavy atom. The van der Waals surface area contributed by atoms with Gasteiger partial charge in [0.2, 0.25) is 0 Å². The summed E-state index contributed by atoms with van der Waals surface area (Å²) in [5.41, 5.74) is 0. The zero-order valence-corrected chi connectivity index (χ0v) is 10.3. The molecule has 5 heteroatoms. The number of aliphatic hydroxyl groups excluding tert-OH is 1. The van der Waals surface area contributed by atoms with Crippen LogP contribution in [0.5, 0.6) is 0 Å². The number of carbonyl (C=O) groups is 2. The Morgan fingerprint density at radius 3 is 2.53 bits per heavy atom. The van der Waals surface area contributed by atoms with Gasteiger partial charge in [-0.2, -0.15) is 0 Å². The molecule has 0 aliphatic carbocycles. The molecule has 1 aliphatic rings. The maximum absolute atomic E-state index is 11.8. The molecule has 96 valence electrons. The molecule has 1 N–H and O–H groups in total. The van der Waals surface area contributed by atoms with E-state index in [1.807, 2.05) is 0 Å². The van der Waals surface area contributed by atoms with Gasteiger partial charge in [-0.25, -0.2) is 0 Å². The van der Waals surface area contributed by atoms with E-state index in [2.05, 4.69) is 6.58 Å². The topological polar surface area (TPSA) is 72.8 Å². The molecular formula is C12H18O5. The van der Waals surface area contributed by atoms with Gasteiger partial charge in [0.1, 0.15) is 18.3 Å². The van der Waals surface area contributed by atoms with Gasteiger partial charge in [0, 0.05) is 0 Å². The van der Waals surface area contributed by atoms with Crippen LogP contribution in [-0.4, -0.2) is 40.8 Å².